The smallest absolute Gasteiger partial charge is 0.362 e. The van der Waals surface area contributed by atoms with Crippen molar-refractivity contribution in [2.24, 2.45) is 0 Å². The molecule has 0 amide bonds. The monoisotopic (exact) mass is 452 g/mol. The number of aromatic nitrogens is 3. The molecule has 0 aliphatic heterocycles. The fourth-order valence-electron chi connectivity index (χ4n) is 3.97. The van der Waals surface area contributed by atoms with E-state index in [9.17, 15) is 28.1 Å². The predicted octanol–water partition coefficient (Wildman–Crippen LogP) is 0.778. The van der Waals surface area contributed by atoms with E-state index in [0.717, 1.165) is 16.5 Å². The lowest BCUT2D eigenvalue weighted by molar-refractivity contribution is 0.0685. The van der Waals surface area contributed by atoms with Gasteiger partial charge in [0, 0.05) is 6.26 Å². The van der Waals surface area contributed by atoms with Gasteiger partial charge in [-0.25, -0.2) is 18.0 Å². The minimum Gasteiger partial charge on any atom is -0.476 e. The Bertz CT molecular complexity index is 1530. The number of aromatic amines is 1. The summed E-state index contributed by atoms with van der Waals surface area (Å²) in [6.45, 7) is 0. The van der Waals surface area contributed by atoms with E-state index in [0.29, 0.717) is 24.0 Å². The highest BCUT2D eigenvalue weighted by atomic mass is 32.2. The molecule has 2 aromatic carbocycles. The van der Waals surface area contributed by atoms with Crippen LogP contribution in [-0.4, -0.2) is 40.5 Å². The van der Waals surface area contributed by atoms with Crippen molar-refractivity contribution in [3.63, 3.8) is 0 Å². The van der Waals surface area contributed by atoms with Crippen molar-refractivity contribution in [2.45, 2.75) is 23.2 Å². The predicted molar refractivity (Wildman–Crippen MR) is 112 cm³/mol. The Morgan fingerprint density at radius 1 is 1.22 bits per heavy atom. The van der Waals surface area contributed by atoms with Crippen molar-refractivity contribution in [2.75, 3.05) is 6.26 Å². The zero-order valence-electron chi connectivity index (χ0n) is 16.7. The molecule has 1 aliphatic carbocycles. The number of sulfone groups is 1. The fourth-order valence-corrected chi connectivity index (χ4v) is 4.60. The largest absolute Gasteiger partial charge is 0.476 e. The molecule has 3 aromatic rings. The van der Waals surface area contributed by atoms with Crippen molar-refractivity contribution >= 4 is 15.8 Å². The highest BCUT2D eigenvalue weighted by Crippen LogP contribution is 2.44. The SMILES string of the molecule is CS(=O)(=O)c1ccc(C2(C#N)CCc3cc(-n4nc(C(=O)O)c(=O)[nH]c4=O)ccc32)cc1. The average molecular weight is 452 g/mol. The molecular formula is C21H16N4O6S. The van der Waals surface area contributed by atoms with Crippen molar-refractivity contribution in [3.05, 3.63) is 85.7 Å². The number of H-pyrrole nitrogens is 1. The maximum atomic E-state index is 12.2. The molecule has 0 radical (unpaired) electrons. The zero-order chi connectivity index (χ0) is 23.3. The first-order chi connectivity index (χ1) is 15.1. The van der Waals surface area contributed by atoms with Gasteiger partial charge in [-0.3, -0.25) is 9.78 Å². The van der Waals surface area contributed by atoms with Crippen LogP contribution in [0.15, 0.2) is 56.9 Å². The van der Waals surface area contributed by atoms with E-state index in [4.69, 9.17) is 5.11 Å². The Hall–Kier alpha value is -4.04. The maximum Gasteiger partial charge on any atom is 0.362 e. The number of fused-ring (bicyclic) bond motifs is 1. The molecule has 1 atom stereocenters. The molecule has 162 valence electrons. The fraction of sp³-hybridized carbons (Fsp3) is 0.190. The van der Waals surface area contributed by atoms with E-state index in [2.05, 4.69) is 11.2 Å². The molecular weight excluding hydrogens is 436 g/mol. The van der Waals surface area contributed by atoms with Crippen LogP contribution in [0.25, 0.3) is 5.69 Å². The van der Waals surface area contributed by atoms with Crippen LogP contribution in [0.4, 0.5) is 0 Å². The third-order valence-corrected chi connectivity index (χ3v) is 6.69. The molecule has 0 spiro atoms. The average Bonchev–Trinajstić information content (AvgIpc) is 3.12. The lowest BCUT2D eigenvalue weighted by Gasteiger charge is -2.23. The minimum absolute atomic E-state index is 0.153. The maximum absolute atomic E-state index is 12.2. The number of nitriles is 1. The number of carboxylic acid groups (broad SMARTS) is 1. The number of carboxylic acids is 1. The van der Waals surface area contributed by atoms with Gasteiger partial charge >= 0.3 is 11.7 Å². The molecule has 2 N–H and O–H groups in total. The first-order valence-electron chi connectivity index (χ1n) is 9.39. The van der Waals surface area contributed by atoms with Gasteiger partial charge in [0.15, 0.2) is 9.84 Å². The summed E-state index contributed by atoms with van der Waals surface area (Å²) in [6, 6.07) is 13.3. The third kappa shape index (κ3) is 3.30. The summed E-state index contributed by atoms with van der Waals surface area (Å²) >= 11 is 0. The molecule has 0 saturated carbocycles. The van der Waals surface area contributed by atoms with E-state index in [1.54, 1.807) is 24.3 Å². The molecule has 1 unspecified atom stereocenters. The van der Waals surface area contributed by atoms with Crippen molar-refractivity contribution in [1.29, 1.82) is 5.26 Å². The van der Waals surface area contributed by atoms with Gasteiger partial charge in [0.1, 0.15) is 5.41 Å². The summed E-state index contributed by atoms with van der Waals surface area (Å²) < 4.78 is 24.3. The molecule has 1 aliphatic rings. The lowest BCUT2D eigenvalue weighted by atomic mass is 9.77. The second-order valence-corrected chi connectivity index (χ2v) is 9.50. The standard InChI is InChI=1S/C21H16N4O6S/c1-32(30,31)15-5-2-13(3-6-15)21(11-22)9-8-12-10-14(4-7-16(12)21)25-20(29)23-18(26)17(24-25)19(27)28/h2-7,10H,8-9H2,1H3,(H,27,28)(H,23,26,29). The number of carbonyl (C=O) groups is 1. The first kappa shape index (κ1) is 21.2. The summed E-state index contributed by atoms with van der Waals surface area (Å²) in [5.74, 6) is -1.57. The quantitative estimate of drug-likeness (QED) is 0.586. The zero-order valence-corrected chi connectivity index (χ0v) is 17.5. The Labute approximate surface area is 181 Å². The molecule has 0 fully saturated rings. The number of hydrogen-bond acceptors (Lipinski definition) is 7. The van der Waals surface area contributed by atoms with Crippen LogP contribution >= 0.6 is 0 Å². The summed E-state index contributed by atoms with van der Waals surface area (Å²) in [5.41, 5.74) is -1.46. The molecule has 0 saturated heterocycles. The normalized spacial score (nSPS) is 17.5. The number of nitrogens with one attached hydrogen (secondary N) is 1. The van der Waals surface area contributed by atoms with E-state index >= 15 is 0 Å². The second kappa shape index (κ2) is 7.28. The number of aryl methyl sites for hydroxylation is 1. The van der Waals surface area contributed by atoms with Crippen LogP contribution in [0.2, 0.25) is 0 Å². The number of hydrogen-bond donors (Lipinski definition) is 2. The van der Waals surface area contributed by atoms with E-state index < -0.39 is 38.2 Å². The van der Waals surface area contributed by atoms with E-state index in [1.807, 2.05) is 4.98 Å². The van der Waals surface area contributed by atoms with Crippen LogP contribution in [0.5, 0.6) is 0 Å². The number of benzene rings is 2. The molecule has 1 aromatic heterocycles. The van der Waals surface area contributed by atoms with Crippen LogP contribution in [0.1, 0.15) is 33.6 Å². The number of rotatable bonds is 4. The summed E-state index contributed by atoms with van der Waals surface area (Å²) in [7, 11) is -3.37. The molecule has 4 rings (SSSR count). The Kier molecular flexibility index (Phi) is 4.82. The Morgan fingerprint density at radius 3 is 2.50 bits per heavy atom. The minimum atomic E-state index is -3.37. The second-order valence-electron chi connectivity index (χ2n) is 7.48. The van der Waals surface area contributed by atoms with Gasteiger partial charge in [-0.2, -0.15) is 15.0 Å². The van der Waals surface area contributed by atoms with Gasteiger partial charge in [-0.15, -0.1) is 0 Å². The van der Waals surface area contributed by atoms with Gasteiger partial charge in [0.2, 0.25) is 5.69 Å². The first-order valence-corrected chi connectivity index (χ1v) is 11.3. The number of aromatic carboxylic acids is 1. The molecule has 0 bridgehead atoms. The molecule has 11 heteroatoms. The van der Waals surface area contributed by atoms with Crippen molar-refractivity contribution in [1.82, 2.24) is 14.8 Å². The number of nitrogens with zero attached hydrogens (tertiary/aromatic N) is 3. The Balaban J connectivity index is 1.81. The summed E-state index contributed by atoms with van der Waals surface area (Å²) in [6.07, 6.45) is 2.04. The van der Waals surface area contributed by atoms with Gasteiger partial charge in [-0.05, 0) is 53.8 Å². The summed E-state index contributed by atoms with van der Waals surface area (Å²) in [5, 5.41) is 22.8. The summed E-state index contributed by atoms with van der Waals surface area (Å²) in [4.78, 5) is 37.1. The van der Waals surface area contributed by atoms with Crippen LogP contribution in [0.3, 0.4) is 0 Å². The third-order valence-electron chi connectivity index (χ3n) is 5.56. The van der Waals surface area contributed by atoms with Gasteiger partial charge < -0.3 is 5.11 Å². The highest BCUT2D eigenvalue weighted by Gasteiger charge is 2.41. The topological polar surface area (TPSA) is 163 Å². The lowest BCUT2D eigenvalue weighted by Crippen LogP contribution is -2.35. The molecule has 10 nitrogen and oxygen atoms in total. The van der Waals surface area contributed by atoms with Crippen LogP contribution < -0.4 is 11.2 Å². The Morgan fingerprint density at radius 2 is 1.91 bits per heavy atom. The molecule has 1 heterocycles. The van der Waals surface area contributed by atoms with Gasteiger partial charge in [0.25, 0.3) is 5.56 Å². The van der Waals surface area contributed by atoms with Crippen LogP contribution in [0, 0.1) is 11.3 Å². The van der Waals surface area contributed by atoms with Crippen LogP contribution in [-0.2, 0) is 21.7 Å². The van der Waals surface area contributed by atoms with E-state index in [-0.39, 0.29) is 10.6 Å². The van der Waals surface area contributed by atoms with Crippen molar-refractivity contribution < 1.29 is 18.3 Å². The van der Waals surface area contributed by atoms with E-state index in [1.165, 1.54) is 18.2 Å². The van der Waals surface area contributed by atoms with Crippen molar-refractivity contribution in [3.8, 4) is 11.8 Å². The molecule has 32 heavy (non-hydrogen) atoms. The van der Waals surface area contributed by atoms with Gasteiger partial charge in [0.05, 0.1) is 16.7 Å². The van der Waals surface area contributed by atoms with Gasteiger partial charge in [-0.1, -0.05) is 18.2 Å². The highest BCUT2D eigenvalue weighted by molar-refractivity contribution is 7.90.